The first-order valence-electron chi connectivity index (χ1n) is 9.57. The molecule has 2 amide bonds. The Balaban J connectivity index is 1.36. The van der Waals surface area contributed by atoms with E-state index in [0.717, 1.165) is 22.7 Å². The average molecular weight is 397 g/mol. The number of carbonyl (C=O) groups excluding carboxylic acids is 1. The Hall–Kier alpha value is -3.42. The Morgan fingerprint density at radius 1 is 1.00 bits per heavy atom. The molecule has 0 radical (unpaired) electrons. The maximum Gasteiger partial charge on any atom is 0.405 e. The van der Waals surface area contributed by atoms with Crippen molar-refractivity contribution in [3.63, 3.8) is 0 Å². The number of benzene rings is 2. The van der Waals surface area contributed by atoms with Crippen LogP contribution in [-0.4, -0.2) is 55.0 Å². The molecule has 0 aromatic heterocycles. The van der Waals surface area contributed by atoms with Crippen LogP contribution < -0.4 is 19.7 Å². The third-order valence-corrected chi connectivity index (χ3v) is 5.23. The number of carboxylic acid groups (broad SMARTS) is 1. The van der Waals surface area contributed by atoms with Gasteiger partial charge in [-0.25, -0.2) is 4.79 Å². The van der Waals surface area contributed by atoms with E-state index in [1.54, 1.807) is 4.90 Å². The Bertz CT molecular complexity index is 881. The van der Waals surface area contributed by atoms with Gasteiger partial charge < -0.3 is 29.7 Å². The minimum atomic E-state index is -1.14. The Labute approximate surface area is 168 Å². The van der Waals surface area contributed by atoms with Crippen LogP contribution in [-0.2, 0) is 4.79 Å². The van der Waals surface area contributed by atoms with E-state index in [0.29, 0.717) is 26.2 Å². The van der Waals surface area contributed by atoms with Crippen LogP contribution >= 0.6 is 0 Å². The largest absolute Gasteiger partial charge is 0.465 e. The number of nitrogens with one attached hydrogen (secondary N) is 1. The van der Waals surface area contributed by atoms with E-state index < -0.39 is 12.1 Å². The van der Waals surface area contributed by atoms with Gasteiger partial charge in [0.2, 0.25) is 12.7 Å². The van der Waals surface area contributed by atoms with Crippen molar-refractivity contribution >= 4 is 17.7 Å². The van der Waals surface area contributed by atoms with Crippen molar-refractivity contribution in [2.24, 2.45) is 0 Å². The van der Waals surface area contributed by atoms with E-state index in [1.165, 1.54) is 0 Å². The monoisotopic (exact) mass is 397 g/mol. The van der Waals surface area contributed by atoms with Crippen molar-refractivity contribution < 1.29 is 24.2 Å². The van der Waals surface area contributed by atoms with Gasteiger partial charge in [0.15, 0.2) is 11.5 Å². The number of rotatable bonds is 5. The fourth-order valence-electron chi connectivity index (χ4n) is 3.69. The smallest absolute Gasteiger partial charge is 0.405 e. The lowest BCUT2D eigenvalue weighted by molar-refractivity contribution is -0.132. The highest BCUT2D eigenvalue weighted by molar-refractivity contribution is 5.78. The molecule has 0 bridgehead atoms. The topological polar surface area (TPSA) is 91.3 Å². The molecule has 2 heterocycles. The first-order valence-corrected chi connectivity index (χ1v) is 9.57. The molecule has 4 rings (SSSR count). The Kier molecular flexibility index (Phi) is 5.41. The van der Waals surface area contributed by atoms with Crippen molar-refractivity contribution in [3.05, 3.63) is 54.1 Å². The second kappa shape index (κ2) is 8.30. The second-order valence-corrected chi connectivity index (χ2v) is 7.02. The second-order valence-electron chi connectivity index (χ2n) is 7.02. The minimum absolute atomic E-state index is 0.0575. The molecule has 1 atom stereocenters. The van der Waals surface area contributed by atoms with Crippen LogP contribution in [0.4, 0.5) is 10.5 Å². The summed E-state index contributed by atoms with van der Waals surface area (Å²) >= 11 is 0. The number of fused-ring (bicyclic) bond motifs is 1. The summed E-state index contributed by atoms with van der Waals surface area (Å²) in [5.74, 6) is 1.44. The van der Waals surface area contributed by atoms with Gasteiger partial charge in [-0.2, -0.15) is 0 Å². The molecule has 2 aliphatic heterocycles. The standard InChI is InChI=1S/C21H23N3O5/c25-20(13-17(22-21(26)27)15-4-2-1-3-5-15)24-10-8-23(9-11-24)16-6-7-18-19(12-16)29-14-28-18/h1-7,12,17,22H,8-11,13-14H2,(H,26,27). The number of carbonyl (C=O) groups is 2. The van der Waals surface area contributed by atoms with E-state index in [1.807, 2.05) is 48.5 Å². The number of hydrogen-bond acceptors (Lipinski definition) is 5. The van der Waals surface area contributed by atoms with Gasteiger partial charge in [-0.1, -0.05) is 30.3 Å². The van der Waals surface area contributed by atoms with E-state index in [2.05, 4.69) is 10.2 Å². The van der Waals surface area contributed by atoms with Gasteiger partial charge in [0, 0.05) is 37.9 Å². The molecule has 29 heavy (non-hydrogen) atoms. The van der Waals surface area contributed by atoms with Crippen LogP contribution in [0, 0.1) is 0 Å². The average Bonchev–Trinajstić information content (AvgIpc) is 3.21. The molecule has 8 heteroatoms. The molecular formula is C21H23N3O5. The molecular weight excluding hydrogens is 374 g/mol. The summed E-state index contributed by atoms with van der Waals surface area (Å²) in [7, 11) is 0. The molecule has 2 aromatic rings. The van der Waals surface area contributed by atoms with Crippen LogP contribution in [0.25, 0.3) is 0 Å². The number of amides is 2. The zero-order valence-corrected chi connectivity index (χ0v) is 15.9. The van der Waals surface area contributed by atoms with Crippen LogP contribution in [0.2, 0.25) is 0 Å². The number of piperazine rings is 1. The number of ether oxygens (including phenoxy) is 2. The van der Waals surface area contributed by atoms with Gasteiger partial charge in [0.25, 0.3) is 0 Å². The number of hydrogen-bond donors (Lipinski definition) is 2. The highest BCUT2D eigenvalue weighted by Gasteiger charge is 2.26. The summed E-state index contributed by atoms with van der Waals surface area (Å²) in [4.78, 5) is 28.0. The normalized spacial score (nSPS) is 16.4. The molecule has 1 fully saturated rings. The maximum absolute atomic E-state index is 12.8. The lowest BCUT2D eigenvalue weighted by atomic mass is 10.0. The molecule has 2 N–H and O–H groups in total. The fraction of sp³-hybridized carbons (Fsp3) is 0.333. The van der Waals surface area contributed by atoms with Crippen LogP contribution in [0.5, 0.6) is 11.5 Å². The summed E-state index contributed by atoms with van der Waals surface area (Å²) in [6.45, 7) is 2.82. The van der Waals surface area contributed by atoms with Crippen molar-refractivity contribution in [1.82, 2.24) is 10.2 Å². The van der Waals surface area contributed by atoms with Gasteiger partial charge >= 0.3 is 6.09 Å². The van der Waals surface area contributed by atoms with E-state index in [9.17, 15) is 9.59 Å². The molecule has 0 spiro atoms. The van der Waals surface area contributed by atoms with Crippen LogP contribution in [0.1, 0.15) is 18.0 Å². The molecule has 1 unspecified atom stereocenters. The fourth-order valence-corrected chi connectivity index (χ4v) is 3.69. The zero-order valence-electron chi connectivity index (χ0n) is 15.9. The lowest BCUT2D eigenvalue weighted by Gasteiger charge is -2.36. The van der Waals surface area contributed by atoms with Crippen molar-refractivity contribution in [3.8, 4) is 11.5 Å². The van der Waals surface area contributed by atoms with Gasteiger partial charge in [-0.15, -0.1) is 0 Å². The molecule has 2 aliphatic rings. The van der Waals surface area contributed by atoms with Gasteiger partial charge in [-0.3, -0.25) is 4.79 Å². The summed E-state index contributed by atoms with van der Waals surface area (Å²) < 4.78 is 10.8. The SMILES string of the molecule is O=C(O)NC(CC(=O)N1CCN(c2ccc3c(c2)OCO3)CC1)c1ccccc1. The van der Waals surface area contributed by atoms with Gasteiger partial charge in [0.1, 0.15) is 0 Å². The van der Waals surface area contributed by atoms with E-state index in [-0.39, 0.29) is 19.1 Å². The first kappa shape index (κ1) is 18.9. The van der Waals surface area contributed by atoms with Gasteiger partial charge in [0.05, 0.1) is 12.5 Å². The number of anilines is 1. The molecule has 0 aliphatic carbocycles. The van der Waals surface area contributed by atoms with Crippen molar-refractivity contribution in [2.45, 2.75) is 12.5 Å². The molecule has 2 aromatic carbocycles. The predicted octanol–water partition coefficient (Wildman–Crippen LogP) is 2.46. The molecule has 0 saturated carbocycles. The maximum atomic E-state index is 12.8. The molecule has 152 valence electrons. The van der Waals surface area contributed by atoms with Crippen molar-refractivity contribution in [1.29, 1.82) is 0 Å². The highest BCUT2D eigenvalue weighted by atomic mass is 16.7. The van der Waals surface area contributed by atoms with E-state index in [4.69, 9.17) is 14.6 Å². The number of nitrogens with zero attached hydrogens (tertiary/aromatic N) is 2. The zero-order chi connectivity index (χ0) is 20.2. The van der Waals surface area contributed by atoms with Crippen molar-refractivity contribution in [2.75, 3.05) is 37.9 Å². The third-order valence-electron chi connectivity index (χ3n) is 5.23. The minimum Gasteiger partial charge on any atom is -0.465 e. The molecule has 1 saturated heterocycles. The summed E-state index contributed by atoms with van der Waals surface area (Å²) in [5, 5.41) is 11.6. The summed E-state index contributed by atoms with van der Waals surface area (Å²) in [5.41, 5.74) is 1.82. The quantitative estimate of drug-likeness (QED) is 0.805. The Morgan fingerprint density at radius 3 is 2.45 bits per heavy atom. The lowest BCUT2D eigenvalue weighted by Crippen LogP contribution is -2.49. The summed E-state index contributed by atoms with van der Waals surface area (Å²) in [6, 6.07) is 14.5. The first-order chi connectivity index (χ1) is 14.1. The predicted molar refractivity (Wildman–Crippen MR) is 106 cm³/mol. The van der Waals surface area contributed by atoms with Crippen LogP contribution in [0.15, 0.2) is 48.5 Å². The van der Waals surface area contributed by atoms with Crippen LogP contribution in [0.3, 0.4) is 0 Å². The Morgan fingerprint density at radius 2 is 1.72 bits per heavy atom. The third kappa shape index (κ3) is 4.37. The molecule has 8 nitrogen and oxygen atoms in total. The highest BCUT2D eigenvalue weighted by Crippen LogP contribution is 2.35. The summed E-state index contributed by atoms with van der Waals surface area (Å²) in [6.07, 6.45) is -1.04. The van der Waals surface area contributed by atoms with Gasteiger partial charge in [-0.05, 0) is 17.7 Å². The van der Waals surface area contributed by atoms with E-state index >= 15 is 0 Å².